The zero-order valence-corrected chi connectivity index (χ0v) is 15.9. The molecule has 28 heavy (non-hydrogen) atoms. The third-order valence-corrected chi connectivity index (χ3v) is 4.74. The number of carbonyl (C=O) groups excluding carboxylic acids is 1. The molecule has 3 rings (SSSR count). The summed E-state index contributed by atoms with van der Waals surface area (Å²) in [6, 6.07) is 8.04. The van der Waals surface area contributed by atoms with Gasteiger partial charge in [0.1, 0.15) is 5.82 Å². The minimum absolute atomic E-state index is 0.124. The highest BCUT2D eigenvalue weighted by Crippen LogP contribution is 2.24. The van der Waals surface area contributed by atoms with Crippen molar-refractivity contribution in [3.05, 3.63) is 57.8 Å². The van der Waals surface area contributed by atoms with E-state index in [4.69, 9.17) is 4.74 Å². The lowest BCUT2D eigenvalue weighted by molar-refractivity contribution is -0.384. The molecule has 0 aliphatic carbocycles. The van der Waals surface area contributed by atoms with Crippen LogP contribution in [-0.4, -0.2) is 61.1 Å². The van der Waals surface area contributed by atoms with E-state index in [-0.39, 0.29) is 11.3 Å². The van der Waals surface area contributed by atoms with Gasteiger partial charge in [0, 0.05) is 56.7 Å². The molecule has 0 amide bonds. The molecule has 0 radical (unpaired) electrons. The summed E-state index contributed by atoms with van der Waals surface area (Å²) in [5.41, 5.74) is 1.37. The number of pyridine rings is 1. The number of anilines is 2. The van der Waals surface area contributed by atoms with Crippen LogP contribution in [0.25, 0.3) is 0 Å². The Kier molecular flexibility index (Phi) is 6.05. The Labute approximate surface area is 163 Å². The van der Waals surface area contributed by atoms with Crippen LogP contribution in [0, 0.1) is 10.1 Å². The fraction of sp³-hybridized carbons (Fsp3) is 0.368. The molecule has 0 atom stereocenters. The molecule has 1 aromatic heterocycles. The maximum Gasteiger partial charge on any atom is 0.340 e. The zero-order chi connectivity index (χ0) is 20.1. The van der Waals surface area contributed by atoms with E-state index in [1.165, 1.54) is 25.3 Å². The van der Waals surface area contributed by atoms with Crippen LogP contribution in [0.4, 0.5) is 17.2 Å². The third-order valence-electron chi connectivity index (χ3n) is 4.74. The van der Waals surface area contributed by atoms with Crippen molar-refractivity contribution in [3.8, 4) is 0 Å². The first kappa shape index (κ1) is 19.6. The number of non-ortho nitro benzene ring substituents is 1. The van der Waals surface area contributed by atoms with Gasteiger partial charge >= 0.3 is 5.97 Å². The van der Waals surface area contributed by atoms with E-state index < -0.39 is 10.9 Å². The van der Waals surface area contributed by atoms with Crippen molar-refractivity contribution >= 4 is 23.2 Å². The van der Waals surface area contributed by atoms with Gasteiger partial charge in [0.2, 0.25) is 0 Å². The van der Waals surface area contributed by atoms with Gasteiger partial charge in [-0.25, -0.2) is 9.78 Å². The summed E-state index contributed by atoms with van der Waals surface area (Å²) in [7, 11) is 3.35. The molecule has 0 unspecified atom stereocenters. The van der Waals surface area contributed by atoms with Crippen LogP contribution in [-0.2, 0) is 11.3 Å². The number of nitrogens with zero attached hydrogens (tertiary/aromatic N) is 4. The number of likely N-dealkylation sites (N-methyl/N-ethyl adjacent to an activating group) is 1. The summed E-state index contributed by atoms with van der Waals surface area (Å²) in [6.07, 6.45) is 1.80. The highest BCUT2D eigenvalue weighted by Gasteiger charge is 2.18. The number of rotatable bonds is 6. The normalized spacial score (nSPS) is 14.6. The monoisotopic (exact) mass is 385 g/mol. The number of nitro groups is 1. The summed E-state index contributed by atoms with van der Waals surface area (Å²) in [5, 5.41) is 14.1. The summed E-state index contributed by atoms with van der Waals surface area (Å²) >= 11 is 0. The van der Waals surface area contributed by atoms with Gasteiger partial charge in [-0.15, -0.1) is 0 Å². The number of benzene rings is 1. The minimum atomic E-state index is -0.630. The van der Waals surface area contributed by atoms with Gasteiger partial charge in [-0.1, -0.05) is 6.07 Å². The van der Waals surface area contributed by atoms with Crippen molar-refractivity contribution < 1.29 is 14.5 Å². The first-order chi connectivity index (χ1) is 13.5. The standard InChI is InChI=1S/C19H23N5O4/c1-22-7-9-23(10-8-22)18-6-3-14(13-21-18)12-20-17-5-4-15(24(26)27)11-16(17)19(25)28-2/h3-6,11,13,20H,7-10,12H2,1-2H3. The second-order valence-electron chi connectivity index (χ2n) is 6.65. The van der Waals surface area contributed by atoms with E-state index in [0.717, 1.165) is 37.6 Å². The van der Waals surface area contributed by atoms with Gasteiger partial charge < -0.3 is 19.9 Å². The molecular formula is C19H23N5O4. The number of hydrogen-bond acceptors (Lipinski definition) is 8. The van der Waals surface area contributed by atoms with E-state index in [2.05, 4.69) is 27.1 Å². The van der Waals surface area contributed by atoms with E-state index in [0.29, 0.717) is 12.2 Å². The molecule has 2 heterocycles. The third kappa shape index (κ3) is 4.55. The Morgan fingerprint density at radius 2 is 2.00 bits per heavy atom. The molecule has 1 aliphatic heterocycles. The number of methoxy groups -OCH3 is 1. The maximum atomic E-state index is 12.0. The molecule has 1 N–H and O–H groups in total. The number of nitrogens with one attached hydrogen (secondary N) is 1. The van der Waals surface area contributed by atoms with Gasteiger partial charge in [0.15, 0.2) is 0 Å². The predicted molar refractivity (Wildman–Crippen MR) is 106 cm³/mol. The molecule has 1 fully saturated rings. The molecule has 9 nitrogen and oxygen atoms in total. The highest BCUT2D eigenvalue weighted by molar-refractivity contribution is 5.96. The average Bonchev–Trinajstić information content (AvgIpc) is 2.72. The van der Waals surface area contributed by atoms with Crippen LogP contribution in [0.1, 0.15) is 15.9 Å². The second-order valence-corrected chi connectivity index (χ2v) is 6.65. The number of nitro benzene ring substituents is 1. The SMILES string of the molecule is COC(=O)c1cc([N+](=O)[O-])ccc1NCc1ccc(N2CCN(C)CC2)nc1. The van der Waals surface area contributed by atoms with Crippen LogP contribution in [0.15, 0.2) is 36.5 Å². The van der Waals surface area contributed by atoms with Crippen LogP contribution in [0.2, 0.25) is 0 Å². The number of esters is 1. The van der Waals surface area contributed by atoms with Crippen LogP contribution in [0.5, 0.6) is 0 Å². The van der Waals surface area contributed by atoms with Crippen molar-refractivity contribution in [2.45, 2.75) is 6.54 Å². The van der Waals surface area contributed by atoms with Crippen molar-refractivity contribution in [2.24, 2.45) is 0 Å². The molecule has 0 bridgehead atoms. The van der Waals surface area contributed by atoms with Gasteiger partial charge in [0.05, 0.1) is 17.6 Å². The quantitative estimate of drug-likeness (QED) is 0.459. The Bertz CT molecular complexity index is 848. The van der Waals surface area contributed by atoms with Crippen LogP contribution < -0.4 is 10.2 Å². The zero-order valence-electron chi connectivity index (χ0n) is 15.9. The lowest BCUT2D eigenvalue weighted by Crippen LogP contribution is -2.44. The lowest BCUT2D eigenvalue weighted by atomic mass is 10.1. The number of piperazine rings is 1. The second kappa shape index (κ2) is 8.66. The number of carbonyl (C=O) groups is 1. The van der Waals surface area contributed by atoms with Crippen LogP contribution in [0.3, 0.4) is 0 Å². The van der Waals surface area contributed by atoms with Crippen LogP contribution >= 0.6 is 0 Å². The first-order valence-corrected chi connectivity index (χ1v) is 8.97. The van der Waals surface area contributed by atoms with Gasteiger partial charge in [0.25, 0.3) is 5.69 Å². The van der Waals surface area contributed by atoms with E-state index in [1.54, 1.807) is 6.20 Å². The molecule has 1 saturated heterocycles. The lowest BCUT2D eigenvalue weighted by Gasteiger charge is -2.33. The van der Waals surface area contributed by atoms with Crippen molar-refractivity contribution in [3.63, 3.8) is 0 Å². The molecule has 1 aromatic carbocycles. The summed E-state index contributed by atoms with van der Waals surface area (Å²) in [6.45, 7) is 4.36. The Hall–Kier alpha value is -3.20. The molecule has 2 aromatic rings. The highest BCUT2D eigenvalue weighted by atomic mass is 16.6. The van der Waals surface area contributed by atoms with E-state index in [1.807, 2.05) is 12.1 Å². The van der Waals surface area contributed by atoms with E-state index in [9.17, 15) is 14.9 Å². The molecule has 0 spiro atoms. The topological polar surface area (TPSA) is 101 Å². The summed E-state index contributed by atoms with van der Waals surface area (Å²) in [4.78, 5) is 31.4. The summed E-state index contributed by atoms with van der Waals surface area (Å²) in [5.74, 6) is 0.317. The predicted octanol–water partition coefficient (Wildman–Crippen LogP) is 2.14. The molecule has 1 aliphatic rings. The Morgan fingerprint density at radius 3 is 2.61 bits per heavy atom. The number of hydrogen-bond donors (Lipinski definition) is 1. The average molecular weight is 385 g/mol. The molecular weight excluding hydrogens is 362 g/mol. The number of ether oxygens (including phenoxy) is 1. The van der Waals surface area contributed by atoms with Crippen molar-refractivity contribution in [2.75, 3.05) is 50.6 Å². The van der Waals surface area contributed by atoms with E-state index >= 15 is 0 Å². The maximum absolute atomic E-state index is 12.0. The molecule has 9 heteroatoms. The summed E-state index contributed by atoms with van der Waals surface area (Å²) < 4.78 is 4.73. The molecule has 0 saturated carbocycles. The fourth-order valence-electron chi connectivity index (χ4n) is 3.02. The fourth-order valence-corrected chi connectivity index (χ4v) is 3.02. The largest absolute Gasteiger partial charge is 0.465 e. The van der Waals surface area contributed by atoms with Crippen molar-refractivity contribution in [1.82, 2.24) is 9.88 Å². The van der Waals surface area contributed by atoms with Gasteiger partial charge in [-0.05, 0) is 24.7 Å². The molecule has 148 valence electrons. The van der Waals surface area contributed by atoms with Gasteiger partial charge in [-0.3, -0.25) is 10.1 Å². The minimum Gasteiger partial charge on any atom is -0.465 e. The Balaban J connectivity index is 1.68. The Morgan fingerprint density at radius 1 is 1.25 bits per heavy atom. The van der Waals surface area contributed by atoms with Crippen molar-refractivity contribution in [1.29, 1.82) is 0 Å². The van der Waals surface area contributed by atoms with Gasteiger partial charge in [-0.2, -0.15) is 0 Å². The number of aromatic nitrogens is 1. The smallest absolute Gasteiger partial charge is 0.340 e. The first-order valence-electron chi connectivity index (χ1n) is 8.97.